The lowest BCUT2D eigenvalue weighted by molar-refractivity contribution is 0.353. The third kappa shape index (κ3) is 4.50. The summed E-state index contributed by atoms with van der Waals surface area (Å²) in [6.07, 6.45) is 4.94. The van der Waals surface area contributed by atoms with Gasteiger partial charge in [-0.05, 0) is 40.9 Å². The van der Waals surface area contributed by atoms with Crippen molar-refractivity contribution in [1.29, 1.82) is 0 Å². The number of nitrogens with one attached hydrogen (secondary N) is 1. The van der Waals surface area contributed by atoms with Crippen LogP contribution < -0.4 is 19.1 Å². The number of benzene rings is 1. The lowest BCUT2D eigenvalue weighted by Crippen LogP contribution is -2.48. The van der Waals surface area contributed by atoms with Crippen molar-refractivity contribution < 1.29 is 17.9 Å². The van der Waals surface area contributed by atoms with Gasteiger partial charge in [0.1, 0.15) is 4.90 Å². The third-order valence-corrected chi connectivity index (χ3v) is 6.78. The van der Waals surface area contributed by atoms with Crippen molar-refractivity contribution in [3.8, 4) is 11.5 Å². The molecule has 10 heteroatoms. The SMILES string of the molecule is COc1cc(Br)c(S(=O)(=O)NC2CCCN(c3ncccn3)C2)cc1OC. The van der Waals surface area contributed by atoms with Crippen molar-refractivity contribution in [3.05, 3.63) is 35.1 Å². The maximum absolute atomic E-state index is 12.9. The Morgan fingerprint density at radius 2 is 1.85 bits per heavy atom. The fraction of sp³-hybridized carbons (Fsp3) is 0.412. The number of nitrogens with zero attached hydrogens (tertiary/aromatic N) is 3. The van der Waals surface area contributed by atoms with Crippen LogP contribution in [-0.2, 0) is 10.0 Å². The maximum atomic E-state index is 12.9. The van der Waals surface area contributed by atoms with E-state index < -0.39 is 10.0 Å². The van der Waals surface area contributed by atoms with Crippen LogP contribution in [0, 0.1) is 0 Å². The molecule has 2 aromatic rings. The molecule has 1 aliphatic heterocycles. The largest absolute Gasteiger partial charge is 0.493 e. The number of hydrogen-bond donors (Lipinski definition) is 1. The van der Waals surface area contributed by atoms with Crippen LogP contribution in [0.25, 0.3) is 0 Å². The lowest BCUT2D eigenvalue weighted by atomic mass is 10.1. The summed E-state index contributed by atoms with van der Waals surface area (Å²) in [5.74, 6) is 1.41. The minimum atomic E-state index is -3.75. The van der Waals surface area contributed by atoms with Crippen LogP contribution in [0.1, 0.15) is 12.8 Å². The highest BCUT2D eigenvalue weighted by Gasteiger charge is 2.28. The van der Waals surface area contributed by atoms with Gasteiger partial charge in [0.25, 0.3) is 0 Å². The first-order chi connectivity index (χ1) is 12.9. The number of ether oxygens (including phenoxy) is 2. The van der Waals surface area contributed by atoms with Gasteiger partial charge in [-0.15, -0.1) is 0 Å². The van der Waals surface area contributed by atoms with E-state index in [0.717, 1.165) is 19.4 Å². The molecule has 1 aromatic carbocycles. The molecule has 1 aliphatic rings. The van der Waals surface area contributed by atoms with Gasteiger partial charge in [-0.1, -0.05) is 0 Å². The molecule has 1 fully saturated rings. The van der Waals surface area contributed by atoms with Crippen LogP contribution in [0.15, 0.2) is 40.0 Å². The van der Waals surface area contributed by atoms with E-state index in [-0.39, 0.29) is 10.9 Å². The Kier molecular flexibility index (Phi) is 6.18. The third-order valence-electron chi connectivity index (χ3n) is 4.31. The van der Waals surface area contributed by atoms with Crippen molar-refractivity contribution in [2.75, 3.05) is 32.2 Å². The highest BCUT2D eigenvalue weighted by molar-refractivity contribution is 9.10. The molecule has 0 aliphatic carbocycles. The Labute approximate surface area is 167 Å². The Balaban J connectivity index is 1.80. The summed E-state index contributed by atoms with van der Waals surface area (Å²) in [7, 11) is -0.788. The molecular formula is C17H21BrN4O4S. The Bertz CT molecular complexity index is 895. The van der Waals surface area contributed by atoms with Gasteiger partial charge in [0.15, 0.2) is 11.5 Å². The molecule has 1 unspecified atom stereocenters. The van der Waals surface area contributed by atoms with Gasteiger partial charge < -0.3 is 14.4 Å². The van der Waals surface area contributed by atoms with E-state index >= 15 is 0 Å². The lowest BCUT2D eigenvalue weighted by Gasteiger charge is -2.33. The van der Waals surface area contributed by atoms with E-state index in [4.69, 9.17) is 9.47 Å². The molecule has 0 amide bonds. The average Bonchev–Trinajstić information content (AvgIpc) is 2.68. The van der Waals surface area contributed by atoms with E-state index in [0.29, 0.717) is 28.5 Å². The molecule has 8 nitrogen and oxygen atoms in total. The number of anilines is 1. The number of aromatic nitrogens is 2. The molecule has 1 N–H and O–H groups in total. The van der Waals surface area contributed by atoms with E-state index in [1.54, 1.807) is 24.5 Å². The second kappa shape index (κ2) is 8.41. The summed E-state index contributed by atoms with van der Waals surface area (Å²) in [4.78, 5) is 10.6. The van der Waals surface area contributed by atoms with Crippen molar-refractivity contribution in [2.45, 2.75) is 23.8 Å². The monoisotopic (exact) mass is 456 g/mol. The highest BCUT2D eigenvalue weighted by atomic mass is 79.9. The van der Waals surface area contributed by atoms with E-state index in [1.807, 2.05) is 4.90 Å². The summed E-state index contributed by atoms with van der Waals surface area (Å²) in [6, 6.07) is 4.54. The molecule has 0 spiro atoms. The maximum Gasteiger partial charge on any atom is 0.242 e. The Morgan fingerprint density at radius 1 is 1.19 bits per heavy atom. The molecule has 0 saturated carbocycles. The minimum Gasteiger partial charge on any atom is -0.493 e. The fourth-order valence-corrected chi connectivity index (χ4v) is 5.33. The summed E-state index contributed by atoms with van der Waals surface area (Å²) in [6.45, 7) is 1.30. The first kappa shape index (κ1) is 19.8. The van der Waals surface area contributed by atoms with Crippen LogP contribution in [-0.4, -0.2) is 51.7 Å². The van der Waals surface area contributed by atoms with Crippen molar-refractivity contribution >= 4 is 31.9 Å². The summed E-state index contributed by atoms with van der Waals surface area (Å²) >= 11 is 3.32. The number of hydrogen-bond acceptors (Lipinski definition) is 7. The van der Waals surface area contributed by atoms with Gasteiger partial charge in [0.2, 0.25) is 16.0 Å². The summed E-state index contributed by atoms with van der Waals surface area (Å²) < 4.78 is 39.5. The van der Waals surface area contributed by atoms with E-state index in [2.05, 4.69) is 30.6 Å². The Hall–Kier alpha value is -1.91. The zero-order valence-corrected chi connectivity index (χ0v) is 17.5. The molecule has 146 valence electrons. The second-order valence-corrected chi connectivity index (χ2v) is 8.63. The molecule has 1 saturated heterocycles. The number of halogens is 1. The molecule has 0 radical (unpaired) electrons. The first-order valence-electron chi connectivity index (χ1n) is 8.40. The highest BCUT2D eigenvalue weighted by Crippen LogP contribution is 2.35. The van der Waals surface area contributed by atoms with Crippen LogP contribution in [0.2, 0.25) is 0 Å². The smallest absolute Gasteiger partial charge is 0.242 e. The molecule has 1 atom stereocenters. The van der Waals surface area contributed by atoms with Crippen LogP contribution in [0.4, 0.5) is 5.95 Å². The van der Waals surface area contributed by atoms with E-state index in [1.165, 1.54) is 20.3 Å². The molecular weight excluding hydrogens is 436 g/mol. The molecule has 27 heavy (non-hydrogen) atoms. The van der Waals surface area contributed by atoms with Crippen molar-refractivity contribution in [1.82, 2.24) is 14.7 Å². The molecule has 1 aromatic heterocycles. The topological polar surface area (TPSA) is 93.7 Å². The molecule has 3 rings (SSSR count). The van der Waals surface area contributed by atoms with Gasteiger partial charge in [0.05, 0.1) is 14.2 Å². The first-order valence-corrected chi connectivity index (χ1v) is 10.7. The molecule has 2 heterocycles. The number of sulfonamides is 1. The fourth-order valence-electron chi connectivity index (χ4n) is 3.03. The van der Waals surface area contributed by atoms with Crippen LogP contribution >= 0.6 is 15.9 Å². The zero-order chi connectivity index (χ0) is 19.4. The standard InChI is InChI=1S/C17H21BrN4O4S/c1-25-14-9-13(18)16(10-15(14)26-2)27(23,24)21-12-5-3-8-22(11-12)17-19-6-4-7-20-17/h4,6-7,9-10,12,21H,3,5,8,11H2,1-2H3. The number of piperidine rings is 1. The number of methoxy groups -OCH3 is 2. The normalized spacial score (nSPS) is 17.6. The second-order valence-electron chi connectivity index (χ2n) is 6.09. The van der Waals surface area contributed by atoms with Gasteiger partial charge in [-0.25, -0.2) is 23.1 Å². The Morgan fingerprint density at radius 3 is 2.52 bits per heavy atom. The predicted octanol–water partition coefficient (Wildman–Crippen LogP) is 2.20. The average molecular weight is 457 g/mol. The van der Waals surface area contributed by atoms with Crippen LogP contribution in [0.3, 0.4) is 0 Å². The molecule has 0 bridgehead atoms. The van der Waals surface area contributed by atoms with Gasteiger partial charge in [-0.3, -0.25) is 0 Å². The van der Waals surface area contributed by atoms with Gasteiger partial charge >= 0.3 is 0 Å². The van der Waals surface area contributed by atoms with Crippen LogP contribution in [0.5, 0.6) is 11.5 Å². The van der Waals surface area contributed by atoms with Gasteiger partial charge in [0, 0.05) is 42.1 Å². The predicted molar refractivity (Wildman–Crippen MR) is 105 cm³/mol. The number of rotatable bonds is 6. The summed E-state index contributed by atoms with van der Waals surface area (Å²) in [5, 5.41) is 0. The minimum absolute atomic E-state index is 0.105. The van der Waals surface area contributed by atoms with Gasteiger partial charge in [-0.2, -0.15) is 0 Å². The zero-order valence-electron chi connectivity index (χ0n) is 15.1. The summed E-state index contributed by atoms with van der Waals surface area (Å²) in [5.41, 5.74) is 0. The van der Waals surface area contributed by atoms with Crippen molar-refractivity contribution in [3.63, 3.8) is 0 Å². The van der Waals surface area contributed by atoms with E-state index in [9.17, 15) is 8.42 Å². The van der Waals surface area contributed by atoms with Crippen molar-refractivity contribution in [2.24, 2.45) is 0 Å². The quantitative estimate of drug-likeness (QED) is 0.711.